The molecule has 7 heteroatoms. The maximum atomic E-state index is 11.7. The van der Waals surface area contributed by atoms with Gasteiger partial charge < -0.3 is 24.6 Å². The minimum atomic E-state index is -1.25. The van der Waals surface area contributed by atoms with Gasteiger partial charge >= 0.3 is 11.9 Å². The number of aliphatic hydroxyl groups excluding tert-OH is 1. The van der Waals surface area contributed by atoms with E-state index in [-0.39, 0.29) is 18.8 Å². The summed E-state index contributed by atoms with van der Waals surface area (Å²) in [6, 6.07) is 6.79. The molecule has 1 aromatic rings. The van der Waals surface area contributed by atoms with Gasteiger partial charge in [0.25, 0.3) is 5.79 Å². The minimum Gasteiger partial charge on any atom is -0.491 e. The summed E-state index contributed by atoms with van der Waals surface area (Å²) in [6.07, 6.45) is 1.24. The van der Waals surface area contributed by atoms with Gasteiger partial charge in [-0.15, -0.1) is 0 Å². The van der Waals surface area contributed by atoms with Crippen molar-refractivity contribution in [2.45, 2.75) is 19.6 Å². The van der Waals surface area contributed by atoms with Gasteiger partial charge in [0.2, 0.25) is 0 Å². The topological polar surface area (TPSA) is 94.1 Å². The zero-order valence-corrected chi connectivity index (χ0v) is 12.3. The minimum absolute atomic E-state index is 0.0628. The number of nitrogens with one attached hydrogen (secondary N) is 1. The average Bonchev–Trinajstić information content (AvgIpc) is 2.44. The Bertz CT molecular complexity index is 569. The van der Waals surface area contributed by atoms with Crippen molar-refractivity contribution in [1.29, 1.82) is 0 Å². The summed E-state index contributed by atoms with van der Waals surface area (Å²) in [6.45, 7) is 3.12. The highest BCUT2D eigenvalue weighted by atomic mass is 16.7. The van der Waals surface area contributed by atoms with E-state index >= 15 is 0 Å². The lowest BCUT2D eigenvalue weighted by atomic mass is 10.2. The number of anilines is 1. The maximum Gasteiger partial charge on any atom is 0.350 e. The van der Waals surface area contributed by atoms with E-state index in [1.54, 1.807) is 24.3 Å². The van der Waals surface area contributed by atoms with E-state index in [2.05, 4.69) is 5.32 Å². The monoisotopic (exact) mass is 307 g/mol. The fourth-order valence-corrected chi connectivity index (χ4v) is 1.74. The lowest BCUT2D eigenvalue weighted by molar-refractivity contribution is -0.222. The predicted molar refractivity (Wildman–Crippen MR) is 77.0 cm³/mol. The van der Waals surface area contributed by atoms with E-state index in [4.69, 9.17) is 19.3 Å². The van der Waals surface area contributed by atoms with Crippen LogP contribution >= 0.6 is 0 Å². The van der Waals surface area contributed by atoms with Crippen molar-refractivity contribution in [3.05, 3.63) is 36.0 Å². The second kappa shape index (κ2) is 6.48. The van der Waals surface area contributed by atoms with Crippen LogP contribution in [0, 0.1) is 0 Å². The Morgan fingerprint density at radius 2 is 1.77 bits per heavy atom. The molecule has 0 unspecified atom stereocenters. The highest BCUT2D eigenvalue weighted by Gasteiger charge is 2.38. The summed E-state index contributed by atoms with van der Waals surface area (Å²) < 4.78 is 15.2. The molecule has 1 fully saturated rings. The first-order valence-corrected chi connectivity index (χ1v) is 6.68. The van der Waals surface area contributed by atoms with Gasteiger partial charge in [-0.3, -0.25) is 0 Å². The Labute approximate surface area is 127 Å². The van der Waals surface area contributed by atoms with Crippen LogP contribution in [-0.4, -0.2) is 36.0 Å². The number of benzene rings is 1. The predicted octanol–water partition coefficient (Wildman–Crippen LogP) is 1.19. The lowest BCUT2D eigenvalue weighted by Gasteiger charge is -2.29. The van der Waals surface area contributed by atoms with Gasteiger partial charge in [-0.25, -0.2) is 9.59 Å². The van der Waals surface area contributed by atoms with Crippen LogP contribution in [0.3, 0.4) is 0 Å². The van der Waals surface area contributed by atoms with Gasteiger partial charge in [0.05, 0.1) is 6.61 Å². The van der Waals surface area contributed by atoms with Crippen molar-refractivity contribution in [3.63, 3.8) is 0 Å². The van der Waals surface area contributed by atoms with Crippen LogP contribution in [0.25, 0.3) is 0 Å². The molecule has 1 aromatic carbocycles. The third-order valence-corrected chi connectivity index (χ3v) is 2.71. The molecule has 1 heterocycles. The number of hydrogen-bond donors (Lipinski definition) is 2. The summed E-state index contributed by atoms with van der Waals surface area (Å²) in [5.74, 6) is -2.13. The number of rotatable bonds is 5. The highest BCUT2D eigenvalue weighted by molar-refractivity contribution is 6.15. The first kappa shape index (κ1) is 15.8. The zero-order valence-electron chi connectivity index (χ0n) is 12.3. The van der Waals surface area contributed by atoms with Crippen LogP contribution in [0.15, 0.2) is 36.0 Å². The summed E-state index contributed by atoms with van der Waals surface area (Å²) in [5, 5.41) is 11.5. The molecule has 0 amide bonds. The third kappa shape index (κ3) is 3.98. The molecule has 1 aliphatic heterocycles. The van der Waals surface area contributed by atoms with Gasteiger partial charge in [-0.2, -0.15) is 0 Å². The number of ether oxygens (including phenoxy) is 3. The van der Waals surface area contributed by atoms with Crippen molar-refractivity contribution in [3.8, 4) is 5.75 Å². The zero-order chi connectivity index (χ0) is 16.2. The van der Waals surface area contributed by atoms with Crippen LogP contribution in [-0.2, 0) is 19.1 Å². The average molecular weight is 307 g/mol. The second-order valence-corrected chi connectivity index (χ2v) is 4.98. The summed E-state index contributed by atoms with van der Waals surface area (Å²) in [5.41, 5.74) is 0.439. The molecule has 0 spiro atoms. The Balaban J connectivity index is 2.02. The molecule has 0 aliphatic carbocycles. The van der Waals surface area contributed by atoms with Crippen LogP contribution in [0.4, 0.5) is 5.69 Å². The Morgan fingerprint density at radius 3 is 2.32 bits per heavy atom. The van der Waals surface area contributed by atoms with E-state index in [0.717, 1.165) is 0 Å². The Morgan fingerprint density at radius 1 is 1.18 bits per heavy atom. The number of carbonyl (C=O) groups excluding carboxylic acids is 2. The number of esters is 2. The standard InChI is InChI=1S/C15H17NO6/c1-15(2)21-13(18)12(14(19)22-15)9-16-10-3-5-11(6-4-10)20-8-7-17/h3-6,9,16-17H,7-8H2,1-2H3. The molecule has 0 saturated carbocycles. The molecule has 0 atom stereocenters. The molecular formula is C15H17NO6. The second-order valence-electron chi connectivity index (χ2n) is 4.98. The fraction of sp³-hybridized carbons (Fsp3) is 0.333. The van der Waals surface area contributed by atoms with Crippen LogP contribution in [0.2, 0.25) is 0 Å². The maximum absolute atomic E-state index is 11.7. The quantitative estimate of drug-likeness (QED) is 0.479. The molecule has 0 bridgehead atoms. The van der Waals surface area contributed by atoms with Gasteiger partial charge in [-0.05, 0) is 24.3 Å². The van der Waals surface area contributed by atoms with Crippen molar-refractivity contribution >= 4 is 17.6 Å². The normalized spacial score (nSPS) is 16.6. The molecule has 118 valence electrons. The Kier molecular flexibility index (Phi) is 4.67. The van der Waals surface area contributed by atoms with Crippen molar-refractivity contribution < 1.29 is 28.9 Å². The first-order chi connectivity index (χ1) is 10.4. The van der Waals surface area contributed by atoms with E-state index in [0.29, 0.717) is 11.4 Å². The van der Waals surface area contributed by atoms with Crippen molar-refractivity contribution in [2.75, 3.05) is 18.5 Å². The molecule has 2 rings (SSSR count). The van der Waals surface area contributed by atoms with Gasteiger partial charge in [-0.1, -0.05) is 0 Å². The van der Waals surface area contributed by atoms with Crippen LogP contribution in [0.1, 0.15) is 13.8 Å². The number of cyclic esters (lactones) is 2. The molecule has 22 heavy (non-hydrogen) atoms. The van der Waals surface area contributed by atoms with Crippen molar-refractivity contribution in [2.24, 2.45) is 0 Å². The third-order valence-electron chi connectivity index (χ3n) is 2.71. The molecule has 7 nitrogen and oxygen atoms in total. The van der Waals surface area contributed by atoms with Crippen molar-refractivity contribution in [1.82, 2.24) is 0 Å². The molecular weight excluding hydrogens is 290 g/mol. The molecule has 1 aliphatic rings. The van der Waals surface area contributed by atoms with E-state index in [1.807, 2.05) is 0 Å². The van der Waals surface area contributed by atoms with E-state index in [1.165, 1.54) is 20.0 Å². The van der Waals surface area contributed by atoms with Gasteiger partial charge in [0.15, 0.2) is 5.57 Å². The summed E-state index contributed by atoms with van der Waals surface area (Å²) in [4.78, 5) is 23.5. The van der Waals surface area contributed by atoms with Crippen LogP contribution in [0.5, 0.6) is 5.75 Å². The van der Waals surface area contributed by atoms with Gasteiger partial charge in [0, 0.05) is 25.7 Å². The lowest BCUT2D eigenvalue weighted by Crippen LogP contribution is -2.42. The van der Waals surface area contributed by atoms with Crippen LogP contribution < -0.4 is 10.1 Å². The first-order valence-electron chi connectivity index (χ1n) is 6.68. The Hall–Kier alpha value is -2.54. The SMILES string of the molecule is CC1(C)OC(=O)C(=CNc2ccc(OCCO)cc2)C(=O)O1. The smallest absolute Gasteiger partial charge is 0.350 e. The number of hydrogen-bond acceptors (Lipinski definition) is 7. The fourth-order valence-electron chi connectivity index (χ4n) is 1.74. The molecule has 1 saturated heterocycles. The van der Waals surface area contributed by atoms with E-state index < -0.39 is 17.7 Å². The summed E-state index contributed by atoms with van der Waals surface area (Å²) >= 11 is 0. The van der Waals surface area contributed by atoms with Gasteiger partial charge in [0.1, 0.15) is 12.4 Å². The van der Waals surface area contributed by atoms with E-state index in [9.17, 15) is 9.59 Å². The molecule has 0 radical (unpaired) electrons. The molecule has 2 N–H and O–H groups in total. The highest BCUT2D eigenvalue weighted by Crippen LogP contribution is 2.23. The molecule has 0 aromatic heterocycles. The summed E-state index contributed by atoms with van der Waals surface area (Å²) in [7, 11) is 0. The number of carbonyl (C=O) groups is 2. The largest absolute Gasteiger partial charge is 0.491 e. The number of aliphatic hydroxyl groups is 1.